The van der Waals surface area contributed by atoms with E-state index in [0.717, 1.165) is 55.2 Å². The molecule has 8 nitrogen and oxygen atoms in total. The number of aromatic nitrogens is 1. The fraction of sp³-hybridized carbons (Fsp3) is 0.442. The van der Waals surface area contributed by atoms with E-state index >= 15 is 4.79 Å². The number of carbonyl (C=O) groups is 1. The first kappa shape index (κ1) is 34.7. The highest BCUT2D eigenvalue weighted by Crippen LogP contribution is 2.70. The number of hydrogen-bond acceptors (Lipinski definition) is 7. The molecule has 1 spiro atoms. The minimum absolute atomic E-state index is 0.0169. The second-order valence-electron chi connectivity index (χ2n) is 15.8. The Bertz CT molecular complexity index is 2010. The molecule has 3 aromatic carbocycles. The van der Waals surface area contributed by atoms with E-state index < -0.39 is 27.3 Å². The summed E-state index contributed by atoms with van der Waals surface area (Å²) in [4.78, 5) is 19.7. The van der Waals surface area contributed by atoms with E-state index in [0.29, 0.717) is 41.8 Å². The minimum Gasteiger partial charge on any atom is -0.493 e. The van der Waals surface area contributed by atoms with Gasteiger partial charge in [-0.25, -0.2) is 12.7 Å². The van der Waals surface area contributed by atoms with E-state index in [1.165, 1.54) is 4.31 Å². The van der Waals surface area contributed by atoms with E-state index in [9.17, 15) is 8.42 Å². The van der Waals surface area contributed by atoms with Crippen molar-refractivity contribution in [2.45, 2.75) is 89.4 Å². The maximum atomic E-state index is 15.4. The highest BCUT2D eigenvalue weighted by molar-refractivity contribution is 7.90. The standard InChI is InChI=1S/C43H48N2O6S/c1-42(2)33-19-22-43(42)28-52(47,48)45(38(43)26-33)41(46)40(31-20-23-44-24-21-31)39(30-13-16-34(17-14-30)50-27-29-9-5-4-6-10-29)32-15-18-36(49-3)37(25-32)51-35-11-7-8-12-35/h4-6,9-10,13-18,20-21,23-25,33,35,38-40H,7-8,11-12,19,22,26-28H2,1-3H3/t33?,38-,39+,40?,43-/m0/s1. The van der Waals surface area contributed by atoms with Gasteiger partial charge >= 0.3 is 0 Å². The Morgan fingerprint density at radius 3 is 2.29 bits per heavy atom. The molecule has 1 aromatic heterocycles. The summed E-state index contributed by atoms with van der Waals surface area (Å²) in [6, 6.07) is 27.1. The molecular formula is C43H48N2O6S. The summed E-state index contributed by atoms with van der Waals surface area (Å²) in [6.07, 6.45) is 10.2. The Labute approximate surface area is 307 Å². The van der Waals surface area contributed by atoms with Gasteiger partial charge < -0.3 is 14.2 Å². The van der Waals surface area contributed by atoms with E-state index in [2.05, 4.69) is 18.8 Å². The predicted octanol–water partition coefficient (Wildman–Crippen LogP) is 8.27. The van der Waals surface area contributed by atoms with Crippen LogP contribution in [0, 0.1) is 16.7 Å². The van der Waals surface area contributed by atoms with Crippen LogP contribution in [0.15, 0.2) is 97.3 Å². The molecule has 0 radical (unpaired) electrons. The van der Waals surface area contributed by atoms with Crippen LogP contribution in [0.5, 0.6) is 17.2 Å². The molecule has 4 aromatic rings. The van der Waals surface area contributed by atoms with Gasteiger partial charge in [0.2, 0.25) is 15.9 Å². The summed E-state index contributed by atoms with van der Waals surface area (Å²) in [5.41, 5.74) is 2.87. The summed E-state index contributed by atoms with van der Waals surface area (Å²) in [5, 5.41) is 0. The molecule has 2 bridgehead atoms. The second-order valence-corrected chi connectivity index (χ2v) is 17.6. The SMILES string of the molecule is COc1ccc([C@@H](c2ccc(OCc3ccccc3)cc2)C(C(=O)N2[C@H]3CC4CC[C@@]3(CS2(=O)=O)C4(C)C)c2ccncc2)cc1OC1CCCC1. The smallest absolute Gasteiger partial charge is 0.244 e. The third-order valence-electron chi connectivity index (χ3n) is 12.9. The average Bonchev–Trinajstić information content (AvgIpc) is 3.86. The zero-order valence-electron chi connectivity index (χ0n) is 30.2. The number of carbonyl (C=O) groups excluding carboxylic acids is 1. The first-order chi connectivity index (χ1) is 25.1. The zero-order chi connectivity index (χ0) is 36.1. The number of benzene rings is 3. The van der Waals surface area contributed by atoms with E-state index in [4.69, 9.17) is 14.2 Å². The van der Waals surface area contributed by atoms with Crippen LogP contribution in [0.3, 0.4) is 0 Å². The van der Waals surface area contributed by atoms with Crippen molar-refractivity contribution in [2.24, 2.45) is 16.7 Å². The molecule has 3 aliphatic carbocycles. The fourth-order valence-corrected chi connectivity index (χ4v) is 12.6. The van der Waals surface area contributed by atoms with Gasteiger partial charge in [-0.1, -0.05) is 62.4 Å². The Kier molecular flexibility index (Phi) is 9.05. The van der Waals surface area contributed by atoms with Crippen LogP contribution in [0.2, 0.25) is 0 Å². The van der Waals surface area contributed by atoms with Crippen LogP contribution in [-0.4, -0.2) is 48.6 Å². The number of methoxy groups -OCH3 is 1. The molecule has 9 heteroatoms. The van der Waals surface area contributed by atoms with Crippen molar-refractivity contribution >= 4 is 15.9 Å². The maximum absolute atomic E-state index is 15.4. The van der Waals surface area contributed by atoms with Crippen molar-refractivity contribution in [3.8, 4) is 17.2 Å². The summed E-state index contributed by atoms with van der Waals surface area (Å²) in [6.45, 7) is 4.85. The van der Waals surface area contributed by atoms with Crippen LogP contribution in [0.1, 0.15) is 92.9 Å². The number of fused-ring (bicyclic) bond motifs is 1. The average molecular weight is 721 g/mol. The summed E-state index contributed by atoms with van der Waals surface area (Å²) in [7, 11) is -2.25. The predicted molar refractivity (Wildman–Crippen MR) is 200 cm³/mol. The first-order valence-electron chi connectivity index (χ1n) is 18.7. The Morgan fingerprint density at radius 1 is 0.885 bits per heavy atom. The monoisotopic (exact) mass is 720 g/mol. The van der Waals surface area contributed by atoms with Gasteiger partial charge in [-0.2, -0.15) is 0 Å². The Morgan fingerprint density at radius 2 is 1.60 bits per heavy atom. The third kappa shape index (κ3) is 5.95. The van der Waals surface area contributed by atoms with Crippen molar-refractivity contribution in [3.63, 3.8) is 0 Å². The van der Waals surface area contributed by atoms with Gasteiger partial charge in [0.05, 0.1) is 30.9 Å². The third-order valence-corrected chi connectivity index (χ3v) is 14.8. The lowest BCUT2D eigenvalue weighted by atomic mass is 9.69. The first-order valence-corrected chi connectivity index (χ1v) is 20.3. The van der Waals surface area contributed by atoms with Gasteiger partial charge in [0.1, 0.15) is 12.4 Å². The quantitative estimate of drug-likeness (QED) is 0.154. The Balaban J connectivity index is 1.23. The zero-order valence-corrected chi connectivity index (χ0v) is 31.1. The number of nitrogens with zero attached hydrogens (tertiary/aromatic N) is 2. The second kappa shape index (κ2) is 13.6. The van der Waals surface area contributed by atoms with Crippen molar-refractivity contribution in [1.82, 2.24) is 9.29 Å². The van der Waals surface area contributed by atoms with Crippen molar-refractivity contribution in [3.05, 3.63) is 120 Å². The number of hydrogen-bond donors (Lipinski definition) is 0. The fourth-order valence-electron chi connectivity index (χ4n) is 10.0. The highest BCUT2D eigenvalue weighted by atomic mass is 32.2. The van der Waals surface area contributed by atoms with Gasteiger partial charge in [-0.3, -0.25) is 9.78 Å². The number of pyridine rings is 1. The van der Waals surface area contributed by atoms with Gasteiger partial charge in [-0.05, 0) is 115 Å². The lowest BCUT2D eigenvalue weighted by Gasteiger charge is -2.38. The summed E-state index contributed by atoms with van der Waals surface area (Å²) in [5.74, 6) is 0.544. The molecule has 2 heterocycles. The molecule has 4 fully saturated rings. The molecular weight excluding hydrogens is 673 g/mol. The van der Waals surface area contributed by atoms with Crippen molar-refractivity contribution < 1.29 is 27.4 Å². The largest absolute Gasteiger partial charge is 0.493 e. The molecule has 1 aliphatic heterocycles. The molecule has 1 amide bonds. The van der Waals surface area contributed by atoms with Crippen LogP contribution >= 0.6 is 0 Å². The molecule has 272 valence electrons. The molecule has 0 N–H and O–H groups in total. The van der Waals surface area contributed by atoms with E-state index in [1.807, 2.05) is 84.9 Å². The van der Waals surface area contributed by atoms with Gasteiger partial charge in [0.25, 0.3) is 0 Å². The van der Waals surface area contributed by atoms with Crippen LogP contribution in [0.4, 0.5) is 0 Å². The van der Waals surface area contributed by atoms with E-state index in [1.54, 1.807) is 19.5 Å². The van der Waals surface area contributed by atoms with E-state index in [-0.39, 0.29) is 29.2 Å². The number of amides is 1. The van der Waals surface area contributed by atoms with Crippen LogP contribution in [-0.2, 0) is 21.4 Å². The molecule has 1 saturated heterocycles. The van der Waals surface area contributed by atoms with Gasteiger partial charge in [0.15, 0.2) is 11.5 Å². The normalized spacial score (nSPS) is 25.4. The summed E-state index contributed by atoms with van der Waals surface area (Å²) < 4.78 is 48.4. The highest BCUT2D eigenvalue weighted by Gasteiger charge is 2.72. The number of ether oxygens (including phenoxy) is 3. The molecule has 2 unspecified atom stereocenters. The molecule has 52 heavy (non-hydrogen) atoms. The molecule has 4 aliphatic rings. The van der Waals surface area contributed by atoms with Crippen molar-refractivity contribution in [2.75, 3.05) is 12.9 Å². The van der Waals surface area contributed by atoms with Gasteiger partial charge in [-0.15, -0.1) is 0 Å². The van der Waals surface area contributed by atoms with Crippen molar-refractivity contribution in [1.29, 1.82) is 0 Å². The Hall–Kier alpha value is -4.37. The number of sulfonamides is 1. The lowest BCUT2D eigenvalue weighted by molar-refractivity contribution is -0.131. The lowest BCUT2D eigenvalue weighted by Crippen LogP contribution is -2.46. The van der Waals surface area contributed by atoms with Gasteiger partial charge in [0, 0.05) is 23.7 Å². The topological polar surface area (TPSA) is 95.0 Å². The maximum Gasteiger partial charge on any atom is 0.244 e. The summed E-state index contributed by atoms with van der Waals surface area (Å²) >= 11 is 0. The molecule has 5 atom stereocenters. The number of rotatable bonds is 11. The molecule has 8 rings (SSSR count). The van der Waals surface area contributed by atoms with Crippen LogP contribution < -0.4 is 14.2 Å². The minimum atomic E-state index is -3.88. The molecule has 3 saturated carbocycles. The van der Waals surface area contributed by atoms with Crippen LogP contribution in [0.25, 0.3) is 0 Å².